The first-order valence-electron chi connectivity index (χ1n) is 6.88. The molecule has 1 aromatic heterocycles. The molecule has 0 amide bonds. The minimum Gasteiger partial charge on any atom is -0.330 e. The quantitative estimate of drug-likeness (QED) is 0.828. The summed E-state index contributed by atoms with van der Waals surface area (Å²) in [6, 6.07) is -0.0254. The molecule has 106 valence electrons. The molecule has 1 aliphatic heterocycles. The Balaban J connectivity index is 1.83. The molecule has 2 aliphatic rings. The number of nitrogens with zero attached hydrogens (tertiary/aromatic N) is 2. The average molecular weight is 284 g/mol. The summed E-state index contributed by atoms with van der Waals surface area (Å²) in [5, 5.41) is 0.308. The molecular weight excluding hydrogens is 264 g/mol. The lowest BCUT2D eigenvalue weighted by molar-refractivity contribution is 0.450. The van der Waals surface area contributed by atoms with Gasteiger partial charge in [0.25, 0.3) is 10.0 Å². The zero-order valence-corrected chi connectivity index (χ0v) is 11.7. The van der Waals surface area contributed by atoms with E-state index in [2.05, 4.69) is 9.71 Å². The molecule has 6 nitrogen and oxygen atoms in total. The van der Waals surface area contributed by atoms with E-state index in [1.165, 1.54) is 6.20 Å². The predicted molar refractivity (Wildman–Crippen MR) is 71.1 cm³/mol. The monoisotopic (exact) mass is 284 g/mol. The summed E-state index contributed by atoms with van der Waals surface area (Å²) >= 11 is 0. The van der Waals surface area contributed by atoms with Crippen molar-refractivity contribution in [3.63, 3.8) is 0 Å². The van der Waals surface area contributed by atoms with Gasteiger partial charge in [-0.15, -0.1) is 0 Å². The molecule has 0 bridgehead atoms. The molecule has 1 aromatic rings. The van der Waals surface area contributed by atoms with Crippen LogP contribution in [0.1, 0.15) is 31.5 Å². The van der Waals surface area contributed by atoms with Gasteiger partial charge in [-0.2, -0.15) is 0 Å². The zero-order valence-electron chi connectivity index (χ0n) is 10.9. The first kappa shape index (κ1) is 13.1. The Kier molecular flexibility index (Phi) is 3.36. The third-order valence-electron chi connectivity index (χ3n) is 4.23. The van der Waals surface area contributed by atoms with E-state index in [0.717, 1.165) is 44.5 Å². The second-order valence-electron chi connectivity index (χ2n) is 5.42. The van der Waals surface area contributed by atoms with Crippen molar-refractivity contribution in [2.75, 3.05) is 6.54 Å². The summed E-state index contributed by atoms with van der Waals surface area (Å²) in [7, 11) is -3.47. The van der Waals surface area contributed by atoms with E-state index in [9.17, 15) is 8.42 Å². The van der Waals surface area contributed by atoms with Crippen LogP contribution in [0.4, 0.5) is 0 Å². The number of rotatable bonds is 4. The Morgan fingerprint density at radius 1 is 1.42 bits per heavy atom. The van der Waals surface area contributed by atoms with Crippen LogP contribution in [0.5, 0.6) is 0 Å². The van der Waals surface area contributed by atoms with Crippen molar-refractivity contribution in [3.05, 3.63) is 12.0 Å². The van der Waals surface area contributed by atoms with E-state index in [1.54, 1.807) is 0 Å². The molecule has 7 heteroatoms. The third kappa shape index (κ3) is 2.30. The van der Waals surface area contributed by atoms with Crippen LogP contribution < -0.4 is 10.5 Å². The highest BCUT2D eigenvalue weighted by Crippen LogP contribution is 2.27. The lowest BCUT2D eigenvalue weighted by Crippen LogP contribution is -2.40. The summed E-state index contributed by atoms with van der Waals surface area (Å²) in [6.45, 7) is 1.29. The van der Waals surface area contributed by atoms with Crippen LogP contribution in [0, 0.1) is 5.92 Å². The number of aromatic nitrogens is 2. The normalized spacial score (nSPS) is 26.8. The summed E-state index contributed by atoms with van der Waals surface area (Å²) in [4.78, 5) is 4.20. The van der Waals surface area contributed by atoms with Gasteiger partial charge < -0.3 is 10.3 Å². The smallest absolute Gasteiger partial charge is 0.258 e. The Bertz CT molecular complexity index is 566. The van der Waals surface area contributed by atoms with E-state index in [1.807, 2.05) is 4.57 Å². The highest BCUT2D eigenvalue weighted by atomic mass is 32.2. The van der Waals surface area contributed by atoms with Gasteiger partial charge in [0.2, 0.25) is 0 Å². The molecule has 1 aliphatic carbocycles. The Morgan fingerprint density at radius 3 is 3.05 bits per heavy atom. The van der Waals surface area contributed by atoms with Crippen molar-refractivity contribution in [1.29, 1.82) is 0 Å². The standard InChI is InChI=1S/C12H20N4O2S/c13-7-9-3-1-4-10(9)15-19(17,18)12-8-14-11-5-2-6-16(11)12/h8-10,15H,1-7,13H2. The molecular formula is C12H20N4O2S. The van der Waals surface area contributed by atoms with Crippen LogP contribution in [0.15, 0.2) is 11.2 Å². The van der Waals surface area contributed by atoms with E-state index >= 15 is 0 Å². The predicted octanol–water partition coefficient (Wildman–Crippen LogP) is 0.235. The minimum atomic E-state index is -3.47. The molecule has 3 N–H and O–H groups in total. The molecule has 0 spiro atoms. The van der Waals surface area contributed by atoms with Crippen LogP contribution in [-0.2, 0) is 23.0 Å². The van der Waals surface area contributed by atoms with E-state index in [0.29, 0.717) is 11.6 Å². The highest BCUT2D eigenvalue weighted by Gasteiger charge is 2.32. The fourth-order valence-corrected chi connectivity index (χ4v) is 4.69. The van der Waals surface area contributed by atoms with Gasteiger partial charge in [-0.25, -0.2) is 18.1 Å². The number of fused-ring (bicyclic) bond motifs is 1. The van der Waals surface area contributed by atoms with Crippen molar-refractivity contribution in [3.8, 4) is 0 Å². The number of nitrogens with one attached hydrogen (secondary N) is 1. The Morgan fingerprint density at radius 2 is 2.26 bits per heavy atom. The highest BCUT2D eigenvalue weighted by molar-refractivity contribution is 7.89. The van der Waals surface area contributed by atoms with E-state index in [-0.39, 0.29) is 12.0 Å². The number of hydrogen-bond acceptors (Lipinski definition) is 4. The Labute approximate surface area is 113 Å². The van der Waals surface area contributed by atoms with Crippen molar-refractivity contribution >= 4 is 10.0 Å². The first-order valence-corrected chi connectivity index (χ1v) is 8.37. The van der Waals surface area contributed by atoms with Gasteiger partial charge in [-0.3, -0.25) is 0 Å². The molecule has 2 heterocycles. The number of imidazole rings is 1. The van der Waals surface area contributed by atoms with Crippen molar-refractivity contribution in [2.24, 2.45) is 11.7 Å². The van der Waals surface area contributed by atoms with Crippen LogP contribution >= 0.6 is 0 Å². The maximum absolute atomic E-state index is 12.5. The van der Waals surface area contributed by atoms with Crippen LogP contribution in [-0.4, -0.2) is 30.6 Å². The average Bonchev–Trinajstić information content (AvgIpc) is 3.01. The fraction of sp³-hybridized carbons (Fsp3) is 0.750. The molecule has 1 fully saturated rings. The molecule has 0 radical (unpaired) electrons. The molecule has 19 heavy (non-hydrogen) atoms. The lowest BCUT2D eigenvalue weighted by atomic mass is 10.1. The van der Waals surface area contributed by atoms with Gasteiger partial charge in [-0.1, -0.05) is 6.42 Å². The molecule has 3 rings (SSSR count). The van der Waals surface area contributed by atoms with E-state index in [4.69, 9.17) is 5.73 Å². The van der Waals surface area contributed by atoms with Gasteiger partial charge >= 0.3 is 0 Å². The number of aryl methyl sites for hydroxylation is 1. The van der Waals surface area contributed by atoms with Crippen molar-refractivity contribution in [2.45, 2.75) is 49.7 Å². The van der Waals surface area contributed by atoms with Crippen molar-refractivity contribution in [1.82, 2.24) is 14.3 Å². The summed E-state index contributed by atoms with van der Waals surface area (Å²) < 4.78 is 29.5. The molecule has 1 saturated carbocycles. The third-order valence-corrected chi connectivity index (χ3v) is 5.72. The SMILES string of the molecule is NCC1CCCC1NS(=O)(=O)c1cnc2n1CCC2. The summed E-state index contributed by atoms with van der Waals surface area (Å²) in [5.74, 6) is 1.14. The van der Waals surface area contributed by atoms with Gasteiger partial charge in [0.1, 0.15) is 5.82 Å². The molecule has 0 saturated heterocycles. The Hall–Kier alpha value is -0.920. The maximum atomic E-state index is 12.5. The number of sulfonamides is 1. The second kappa shape index (κ2) is 4.88. The zero-order chi connectivity index (χ0) is 13.5. The number of nitrogens with two attached hydrogens (primary N) is 1. The van der Waals surface area contributed by atoms with Crippen LogP contribution in [0.2, 0.25) is 0 Å². The molecule has 2 unspecified atom stereocenters. The molecule has 2 atom stereocenters. The topological polar surface area (TPSA) is 90.0 Å². The minimum absolute atomic E-state index is 0.0254. The second-order valence-corrected chi connectivity index (χ2v) is 7.08. The summed E-state index contributed by atoms with van der Waals surface area (Å²) in [5.41, 5.74) is 5.70. The van der Waals surface area contributed by atoms with Crippen LogP contribution in [0.25, 0.3) is 0 Å². The van der Waals surface area contributed by atoms with Gasteiger partial charge in [0.15, 0.2) is 5.03 Å². The summed E-state index contributed by atoms with van der Waals surface area (Å²) in [6.07, 6.45) is 6.24. The lowest BCUT2D eigenvalue weighted by Gasteiger charge is -2.19. The number of hydrogen-bond donors (Lipinski definition) is 2. The van der Waals surface area contributed by atoms with E-state index < -0.39 is 10.0 Å². The maximum Gasteiger partial charge on any atom is 0.258 e. The van der Waals surface area contributed by atoms with Gasteiger partial charge in [0.05, 0.1) is 6.20 Å². The molecule has 0 aromatic carbocycles. The van der Waals surface area contributed by atoms with Crippen LogP contribution in [0.3, 0.4) is 0 Å². The van der Waals surface area contributed by atoms with Gasteiger partial charge in [-0.05, 0) is 31.7 Å². The van der Waals surface area contributed by atoms with Gasteiger partial charge in [0, 0.05) is 19.0 Å². The first-order chi connectivity index (χ1) is 9.12. The largest absolute Gasteiger partial charge is 0.330 e. The fourth-order valence-electron chi connectivity index (χ4n) is 3.18. The van der Waals surface area contributed by atoms with Crippen molar-refractivity contribution < 1.29 is 8.42 Å².